The average Bonchev–Trinajstić information content (AvgIpc) is 2.60. The summed E-state index contributed by atoms with van der Waals surface area (Å²) in [6.45, 7) is 2.44. The van der Waals surface area contributed by atoms with Crippen molar-refractivity contribution >= 4 is 37.7 Å². The van der Waals surface area contributed by atoms with Gasteiger partial charge in [0.25, 0.3) is 15.9 Å². The Balaban J connectivity index is 1.91. The van der Waals surface area contributed by atoms with Crippen molar-refractivity contribution in [3.8, 4) is 0 Å². The largest absolute Gasteiger partial charge is 0.334 e. The van der Waals surface area contributed by atoms with Gasteiger partial charge in [0.1, 0.15) is 5.82 Å². The van der Waals surface area contributed by atoms with Crippen LogP contribution >= 0.6 is 15.9 Å². The maximum Gasteiger partial charge on any atom is 0.257 e. The monoisotopic (exact) mass is 441 g/mol. The number of allylic oxidation sites excluding steroid dienone is 2. The van der Waals surface area contributed by atoms with E-state index in [1.165, 1.54) is 11.0 Å². The molecule has 0 fully saturated rings. The second kappa shape index (κ2) is 7.32. The van der Waals surface area contributed by atoms with Crippen LogP contribution in [-0.4, -0.2) is 48.8 Å². The third kappa shape index (κ3) is 3.88. The zero-order chi connectivity index (χ0) is 18.9. The molecule has 0 N–H and O–H groups in total. The number of rotatable bonds is 4. The second-order valence-corrected chi connectivity index (χ2v) is 8.54. The van der Waals surface area contributed by atoms with E-state index in [2.05, 4.69) is 20.3 Å². The van der Waals surface area contributed by atoms with Crippen molar-refractivity contribution in [3.05, 3.63) is 58.0 Å². The lowest BCUT2D eigenvalue weighted by Crippen LogP contribution is -2.43. The number of carbonyl (C=O) groups is 1. The summed E-state index contributed by atoms with van der Waals surface area (Å²) in [6.07, 6.45) is 4.91. The van der Waals surface area contributed by atoms with Crippen LogP contribution in [0.15, 0.2) is 51.0 Å². The Morgan fingerprint density at radius 1 is 1.42 bits per heavy atom. The van der Waals surface area contributed by atoms with Gasteiger partial charge in [-0.15, -0.1) is 4.40 Å². The summed E-state index contributed by atoms with van der Waals surface area (Å²) < 4.78 is 42.2. The molecular weight excluding hydrogens is 425 g/mol. The van der Waals surface area contributed by atoms with Crippen molar-refractivity contribution in [1.29, 1.82) is 0 Å². The number of sulfonamides is 1. The lowest BCUT2D eigenvalue weighted by molar-refractivity contribution is -0.127. The zero-order valence-corrected chi connectivity index (χ0v) is 16.4. The van der Waals surface area contributed by atoms with Crippen LogP contribution in [-0.2, 0) is 21.4 Å². The van der Waals surface area contributed by atoms with Gasteiger partial charge in [0.15, 0.2) is 5.84 Å². The molecule has 1 amide bonds. The molecule has 138 valence electrons. The van der Waals surface area contributed by atoms with Gasteiger partial charge in [-0.1, -0.05) is 15.9 Å². The van der Waals surface area contributed by atoms with Crippen LogP contribution in [0.3, 0.4) is 0 Å². The topological polar surface area (TPSA) is 70.1 Å². The highest BCUT2D eigenvalue weighted by Crippen LogP contribution is 2.22. The molecular formula is C17H17BrFN3O3S. The molecule has 9 heteroatoms. The number of benzene rings is 1. The van der Waals surface area contributed by atoms with Crippen molar-refractivity contribution in [1.82, 2.24) is 9.80 Å². The van der Waals surface area contributed by atoms with Crippen LogP contribution in [0.5, 0.6) is 0 Å². The third-order valence-electron chi connectivity index (χ3n) is 4.13. The number of amides is 1. The maximum atomic E-state index is 14.0. The van der Waals surface area contributed by atoms with Crippen molar-refractivity contribution < 1.29 is 17.6 Å². The quantitative estimate of drug-likeness (QED) is 0.719. The molecule has 0 aromatic heterocycles. The smallest absolute Gasteiger partial charge is 0.257 e. The summed E-state index contributed by atoms with van der Waals surface area (Å²) in [7, 11) is -3.59. The van der Waals surface area contributed by atoms with Crippen molar-refractivity contribution in [2.75, 3.05) is 18.8 Å². The molecule has 0 saturated carbocycles. The predicted octanol–water partition coefficient (Wildman–Crippen LogP) is 2.43. The first kappa shape index (κ1) is 18.8. The molecule has 0 bridgehead atoms. The van der Waals surface area contributed by atoms with Crippen LogP contribution < -0.4 is 0 Å². The molecule has 6 nitrogen and oxygen atoms in total. The van der Waals surface area contributed by atoms with E-state index in [1.54, 1.807) is 42.3 Å². The predicted molar refractivity (Wildman–Crippen MR) is 100 cm³/mol. The average molecular weight is 442 g/mol. The third-order valence-corrected chi connectivity index (χ3v) is 5.77. The fourth-order valence-corrected chi connectivity index (χ4v) is 4.14. The first-order chi connectivity index (χ1) is 12.3. The molecule has 3 rings (SSSR count). The van der Waals surface area contributed by atoms with Crippen LogP contribution in [0, 0.1) is 5.82 Å². The Labute approximate surface area is 159 Å². The lowest BCUT2D eigenvalue weighted by Gasteiger charge is -2.31. The van der Waals surface area contributed by atoms with Crippen molar-refractivity contribution in [3.63, 3.8) is 0 Å². The summed E-state index contributed by atoms with van der Waals surface area (Å²) >= 11 is 3.30. The molecule has 1 aromatic carbocycles. The van der Waals surface area contributed by atoms with E-state index < -0.39 is 21.7 Å². The van der Waals surface area contributed by atoms with Gasteiger partial charge >= 0.3 is 0 Å². The minimum absolute atomic E-state index is 0.0711. The molecule has 0 aliphatic carbocycles. The number of hydrogen-bond acceptors (Lipinski definition) is 4. The first-order valence-electron chi connectivity index (χ1n) is 8.02. The molecule has 26 heavy (non-hydrogen) atoms. The summed E-state index contributed by atoms with van der Waals surface area (Å²) in [5, 5.41) is 0. The minimum atomic E-state index is -3.59. The lowest BCUT2D eigenvalue weighted by atomic mass is 10.1. The molecule has 1 aromatic rings. The molecule has 0 radical (unpaired) electrons. The summed E-state index contributed by atoms with van der Waals surface area (Å²) in [6, 6.07) is 4.54. The first-order valence-corrected chi connectivity index (χ1v) is 10.4. The Hall–Kier alpha value is -2.00. The van der Waals surface area contributed by atoms with Gasteiger partial charge in [0.05, 0.1) is 11.3 Å². The Kier molecular flexibility index (Phi) is 5.29. The van der Waals surface area contributed by atoms with Crippen LogP contribution in [0.4, 0.5) is 4.39 Å². The molecule has 0 unspecified atom stereocenters. The highest BCUT2D eigenvalue weighted by molar-refractivity contribution is 9.10. The molecule has 0 spiro atoms. The summed E-state index contributed by atoms with van der Waals surface area (Å²) in [5.74, 6) is -0.770. The molecule has 0 saturated heterocycles. The molecule has 2 heterocycles. The van der Waals surface area contributed by atoms with E-state index in [9.17, 15) is 17.6 Å². The number of likely N-dealkylation sites (N-methyl/N-ethyl adjacent to an activating group) is 1. The van der Waals surface area contributed by atoms with Gasteiger partial charge in [-0.25, -0.2) is 12.8 Å². The van der Waals surface area contributed by atoms with E-state index in [0.29, 0.717) is 16.6 Å². The number of nitrogens with zero attached hydrogens (tertiary/aromatic N) is 3. The number of carbonyl (C=O) groups excluding carboxylic acids is 1. The fourth-order valence-electron chi connectivity index (χ4n) is 2.75. The summed E-state index contributed by atoms with van der Waals surface area (Å²) in [4.78, 5) is 16.1. The molecule has 2 aliphatic rings. The van der Waals surface area contributed by atoms with Gasteiger partial charge in [0, 0.05) is 35.9 Å². The van der Waals surface area contributed by atoms with Gasteiger partial charge < -0.3 is 9.80 Å². The van der Waals surface area contributed by atoms with Gasteiger partial charge in [-0.3, -0.25) is 4.79 Å². The van der Waals surface area contributed by atoms with Crippen molar-refractivity contribution in [2.45, 2.75) is 13.5 Å². The number of halogens is 2. The second-order valence-electron chi connectivity index (χ2n) is 5.87. The number of hydrogen-bond donors (Lipinski definition) is 0. The van der Waals surface area contributed by atoms with Crippen LogP contribution in [0.1, 0.15) is 12.5 Å². The number of amidine groups is 1. The van der Waals surface area contributed by atoms with E-state index in [1.807, 2.05) is 0 Å². The molecule has 0 atom stereocenters. The standard InChI is InChI=1S/C17H17BrFN3O3S/c1-2-21(11-12-10-13(18)5-6-15(12)19)17(23)14-4-3-7-22-8-9-26(24,25)20-16(14)22/h3-7,10H,2,8-9,11H2,1H3. The van der Waals surface area contributed by atoms with E-state index in [0.717, 1.165) is 0 Å². The Morgan fingerprint density at radius 3 is 2.92 bits per heavy atom. The van der Waals surface area contributed by atoms with Gasteiger partial charge in [-0.05, 0) is 37.3 Å². The SMILES string of the molecule is CCN(Cc1cc(Br)ccc1F)C(=O)C1=CC=CN2CCS(=O)(=O)N=C12. The van der Waals surface area contributed by atoms with Gasteiger partial charge in [-0.2, -0.15) is 0 Å². The van der Waals surface area contributed by atoms with Crippen molar-refractivity contribution in [2.24, 2.45) is 4.40 Å². The fraction of sp³-hybridized carbons (Fsp3) is 0.294. The van der Waals surface area contributed by atoms with Crippen LogP contribution in [0.2, 0.25) is 0 Å². The Morgan fingerprint density at radius 2 is 2.19 bits per heavy atom. The highest BCUT2D eigenvalue weighted by atomic mass is 79.9. The van der Waals surface area contributed by atoms with Gasteiger partial charge in [0.2, 0.25) is 0 Å². The zero-order valence-electron chi connectivity index (χ0n) is 14.0. The maximum absolute atomic E-state index is 14.0. The molecule has 2 aliphatic heterocycles. The van der Waals surface area contributed by atoms with Crippen LogP contribution in [0.25, 0.3) is 0 Å². The van der Waals surface area contributed by atoms with E-state index in [4.69, 9.17) is 0 Å². The summed E-state index contributed by atoms with van der Waals surface area (Å²) in [5.41, 5.74) is 0.560. The Bertz CT molecular complexity index is 941. The normalized spacial score (nSPS) is 18.0. The van der Waals surface area contributed by atoms with E-state index >= 15 is 0 Å². The van der Waals surface area contributed by atoms with E-state index in [-0.39, 0.29) is 30.3 Å². The highest BCUT2D eigenvalue weighted by Gasteiger charge is 2.31. The minimum Gasteiger partial charge on any atom is -0.334 e. The number of fused-ring (bicyclic) bond motifs is 1.